The predicted molar refractivity (Wildman–Crippen MR) is 101 cm³/mol. The number of imidazole rings is 1. The Morgan fingerprint density at radius 3 is 3.12 bits per heavy atom. The number of ether oxygens (including phenoxy) is 1. The van der Waals surface area contributed by atoms with E-state index in [4.69, 9.17) is 4.74 Å². The molecule has 8 heteroatoms. The highest BCUT2D eigenvalue weighted by molar-refractivity contribution is 5.73. The predicted octanol–water partition coefficient (Wildman–Crippen LogP) is 2.21. The summed E-state index contributed by atoms with van der Waals surface area (Å²) in [5.41, 5.74) is 9.94. The summed E-state index contributed by atoms with van der Waals surface area (Å²) in [5.74, 6) is 1.50. The highest BCUT2D eigenvalue weighted by atomic mass is 16.5. The number of hydrogen-bond acceptors (Lipinski definition) is 7. The number of nitrogens with zero attached hydrogens (tertiary/aromatic N) is 4. The molecule has 0 saturated heterocycles. The lowest BCUT2D eigenvalue weighted by Crippen LogP contribution is -2.20. The molecule has 0 fully saturated rings. The largest absolute Gasteiger partial charge is 0.448 e. The zero-order valence-corrected chi connectivity index (χ0v) is 14.7. The SMILES string of the molecule is CC/C=C(\C=C1\OC=NC1C)Nc1nccn2c(C3=CNNC3)cnc12. The lowest BCUT2D eigenvalue weighted by atomic mass is 10.2. The molecule has 3 N–H and O–H groups in total. The average Bonchev–Trinajstić information content (AvgIpc) is 3.36. The molecule has 2 aromatic rings. The van der Waals surface area contributed by atoms with Crippen LogP contribution in [0.5, 0.6) is 0 Å². The number of aromatic nitrogens is 3. The average molecular weight is 351 g/mol. The van der Waals surface area contributed by atoms with Crippen LogP contribution in [0, 0.1) is 0 Å². The van der Waals surface area contributed by atoms with Crippen LogP contribution in [0.2, 0.25) is 0 Å². The van der Waals surface area contributed by atoms with Crippen molar-refractivity contribution in [2.45, 2.75) is 26.3 Å². The third kappa shape index (κ3) is 3.06. The van der Waals surface area contributed by atoms with Gasteiger partial charge in [0.2, 0.25) is 0 Å². The molecule has 1 unspecified atom stereocenters. The van der Waals surface area contributed by atoms with E-state index in [1.165, 1.54) is 6.40 Å². The Balaban J connectivity index is 1.66. The fraction of sp³-hybridized carbons (Fsp3) is 0.278. The third-order valence-corrected chi connectivity index (χ3v) is 4.25. The molecule has 1 atom stereocenters. The Kier molecular flexibility index (Phi) is 4.40. The van der Waals surface area contributed by atoms with Crippen molar-refractivity contribution in [2.24, 2.45) is 4.99 Å². The zero-order chi connectivity index (χ0) is 17.9. The van der Waals surface area contributed by atoms with Gasteiger partial charge >= 0.3 is 0 Å². The molecule has 26 heavy (non-hydrogen) atoms. The number of fused-ring (bicyclic) bond motifs is 1. The van der Waals surface area contributed by atoms with E-state index < -0.39 is 0 Å². The molecule has 2 aromatic heterocycles. The minimum Gasteiger partial charge on any atom is -0.448 e. The molecule has 0 saturated carbocycles. The summed E-state index contributed by atoms with van der Waals surface area (Å²) in [6, 6.07) is 0.0214. The third-order valence-electron chi connectivity index (χ3n) is 4.25. The molecule has 0 bridgehead atoms. The van der Waals surface area contributed by atoms with Crippen LogP contribution >= 0.6 is 0 Å². The van der Waals surface area contributed by atoms with Gasteiger partial charge in [0.25, 0.3) is 0 Å². The Labute approximate surface area is 151 Å². The van der Waals surface area contributed by atoms with Gasteiger partial charge in [0, 0.05) is 42.5 Å². The van der Waals surface area contributed by atoms with Gasteiger partial charge in [-0.15, -0.1) is 0 Å². The van der Waals surface area contributed by atoms with Crippen molar-refractivity contribution in [1.29, 1.82) is 0 Å². The maximum atomic E-state index is 5.46. The number of allylic oxidation sites excluding steroid dienone is 2. The highest BCUT2D eigenvalue weighted by Crippen LogP contribution is 2.23. The first-order chi connectivity index (χ1) is 12.8. The summed E-state index contributed by atoms with van der Waals surface area (Å²) in [5, 5.41) is 3.38. The summed E-state index contributed by atoms with van der Waals surface area (Å²) in [6.07, 6.45) is 13.9. The van der Waals surface area contributed by atoms with Gasteiger partial charge in [0.05, 0.1) is 11.9 Å². The Morgan fingerprint density at radius 2 is 2.38 bits per heavy atom. The van der Waals surface area contributed by atoms with E-state index in [0.717, 1.165) is 41.3 Å². The number of aliphatic imine (C=N–C) groups is 1. The van der Waals surface area contributed by atoms with Crippen molar-refractivity contribution in [3.8, 4) is 0 Å². The van der Waals surface area contributed by atoms with Crippen LogP contribution in [0.3, 0.4) is 0 Å². The minimum absolute atomic E-state index is 0.0214. The summed E-state index contributed by atoms with van der Waals surface area (Å²) < 4.78 is 7.50. The molecule has 2 aliphatic rings. The van der Waals surface area contributed by atoms with Gasteiger partial charge in [0.1, 0.15) is 11.8 Å². The second-order valence-electron chi connectivity index (χ2n) is 6.07. The zero-order valence-electron chi connectivity index (χ0n) is 14.7. The van der Waals surface area contributed by atoms with Crippen molar-refractivity contribution in [2.75, 3.05) is 11.9 Å². The van der Waals surface area contributed by atoms with Gasteiger partial charge in [-0.3, -0.25) is 4.40 Å². The van der Waals surface area contributed by atoms with E-state index in [1.807, 2.05) is 36.0 Å². The van der Waals surface area contributed by atoms with Gasteiger partial charge in [0.15, 0.2) is 17.9 Å². The second-order valence-corrected chi connectivity index (χ2v) is 6.07. The van der Waals surface area contributed by atoms with E-state index in [9.17, 15) is 0 Å². The summed E-state index contributed by atoms with van der Waals surface area (Å²) in [7, 11) is 0. The normalized spacial score (nSPS) is 21.2. The number of rotatable bonds is 5. The molecule has 4 rings (SSSR count). The second kappa shape index (κ2) is 7.01. The number of nitrogens with one attached hydrogen (secondary N) is 3. The van der Waals surface area contributed by atoms with Crippen molar-refractivity contribution in [3.05, 3.63) is 54.1 Å². The Hall–Kier alpha value is -3.13. The maximum absolute atomic E-state index is 5.46. The lowest BCUT2D eigenvalue weighted by molar-refractivity contribution is 0.434. The smallest absolute Gasteiger partial charge is 0.180 e. The van der Waals surface area contributed by atoms with Gasteiger partial charge in [-0.05, 0) is 13.3 Å². The standard InChI is InChI=1S/C18H21N7O/c1-3-4-14(7-16-12(2)21-11-26-16)24-17-18-20-10-15(13-8-22-23-9-13)25(18)6-5-19-17/h4-8,10-12,22-23H,3,9H2,1-2H3,(H,19,24)/b14-4+,16-7+. The van der Waals surface area contributed by atoms with Crippen molar-refractivity contribution < 1.29 is 4.74 Å². The van der Waals surface area contributed by atoms with Crippen LogP contribution in [0.25, 0.3) is 11.2 Å². The molecule has 0 spiro atoms. The molecule has 4 heterocycles. The van der Waals surface area contributed by atoms with Crippen LogP contribution < -0.4 is 16.2 Å². The van der Waals surface area contributed by atoms with Crippen LogP contribution in [0.4, 0.5) is 5.82 Å². The number of hydrogen-bond donors (Lipinski definition) is 3. The Bertz CT molecular complexity index is 938. The van der Waals surface area contributed by atoms with E-state index in [0.29, 0.717) is 5.82 Å². The highest BCUT2D eigenvalue weighted by Gasteiger charge is 2.16. The molecule has 8 nitrogen and oxygen atoms in total. The first-order valence-electron chi connectivity index (χ1n) is 8.63. The van der Waals surface area contributed by atoms with Crippen LogP contribution in [-0.4, -0.2) is 33.4 Å². The van der Waals surface area contributed by atoms with Crippen molar-refractivity contribution in [3.63, 3.8) is 0 Å². The van der Waals surface area contributed by atoms with Crippen molar-refractivity contribution in [1.82, 2.24) is 25.2 Å². The molecule has 0 aromatic carbocycles. The van der Waals surface area contributed by atoms with E-state index in [2.05, 4.69) is 44.1 Å². The maximum Gasteiger partial charge on any atom is 0.180 e. The monoisotopic (exact) mass is 351 g/mol. The van der Waals surface area contributed by atoms with E-state index in [1.54, 1.807) is 6.20 Å². The van der Waals surface area contributed by atoms with Gasteiger partial charge in [-0.1, -0.05) is 13.0 Å². The fourth-order valence-corrected chi connectivity index (χ4v) is 2.91. The number of hydrazine groups is 1. The van der Waals surface area contributed by atoms with Gasteiger partial charge in [-0.2, -0.15) is 0 Å². The van der Waals surface area contributed by atoms with Crippen LogP contribution in [0.15, 0.2) is 53.4 Å². The lowest BCUT2D eigenvalue weighted by Gasteiger charge is -2.10. The molecular formula is C18H21N7O. The Morgan fingerprint density at radius 1 is 1.46 bits per heavy atom. The molecule has 0 aliphatic carbocycles. The van der Waals surface area contributed by atoms with Gasteiger partial charge < -0.3 is 15.5 Å². The summed E-state index contributed by atoms with van der Waals surface area (Å²) >= 11 is 0. The van der Waals surface area contributed by atoms with Gasteiger partial charge in [-0.25, -0.2) is 20.4 Å². The first kappa shape index (κ1) is 16.3. The fourth-order valence-electron chi connectivity index (χ4n) is 2.91. The quantitative estimate of drug-likeness (QED) is 0.766. The van der Waals surface area contributed by atoms with E-state index >= 15 is 0 Å². The minimum atomic E-state index is 0.0214. The topological polar surface area (TPSA) is 87.9 Å². The summed E-state index contributed by atoms with van der Waals surface area (Å²) in [4.78, 5) is 13.3. The molecule has 0 radical (unpaired) electrons. The molecule has 0 amide bonds. The molecule has 134 valence electrons. The number of anilines is 1. The molecular weight excluding hydrogens is 330 g/mol. The van der Waals surface area contributed by atoms with Crippen molar-refractivity contribution >= 4 is 23.4 Å². The van der Waals surface area contributed by atoms with Crippen LogP contribution in [0.1, 0.15) is 26.0 Å². The summed E-state index contributed by atoms with van der Waals surface area (Å²) in [6.45, 7) is 4.83. The van der Waals surface area contributed by atoms with Crippen LogP contribution in [-0.2, 0) is 4.74 Å². The molecule has 2 aliphatic heterocycles. The first-order valence-corrected chi connectivity index (χ1v) is 8.63. The van der Waals surface area contributed by atoms with E-state index in [-0.39, 0.29) is 6.04 Å².